The van der Waals surface area contributed by atoms with Crippen LogP contribution in [-0.2, 0) is 12.6 Å². The molecule has 3 nitrogen and oxygen atoms in total. The van der Waals surface area contributed by atoms with Crippen LogP contribution in [0.2, 0.25) is 0 Å². The maximum atomic E-state index is 10.9. The van der Waals surface area contributed by atoms with Crippen LogP contribution in [0.3, 0.4) is 0 Å². The quantitative estimate of drug-likeness (QED) is 0.862. The molecule has 1 aliphatic rings. The zero-order chi connectivity index (χ0) is 11.9. The summed E-state index contributed by atoms with van der Waals surface area (Å²) in [6, 6.07) is 0. The molecule has 2 rings (SSSR count). The Morgan fingerprint density at radius 2 is 2.25 bits per heavy atom. The summed E-state index contributed by atoms with van der Waals surface area (Å²) in [5.74, 6) is 0.827. The van der Waals surface area contributed by atoms with Crippen LogP contribution in [-0.4, -0.2) is 14.9 Å². The van der Waals surface area contributed by atoms with Gasteiger partial charge in [-0.1, -0.05) is 20.3 Å². The Morgan fingerprint density at radius 1 is 1.56 bits per heavy atom. The molecule has 4 heteroatoms. The third-order valence-electron chi connectivity index (χ3n) is 4.13. The van der Waals surface area contributed by atoms with Crippen molar-refractivity contribution in [2.75, 3.05) is 0 Å². The molecule has 16 heavy (non-hydrogen) atoms. The Balaban J connectivity index is 2.44. The van der Waals surface area contributed by atoms with Gasteiger partial charge in [0.25, 0.3) is 0 Å². The number of aryl methyl sites for hydroxylation is 1. The first-order valence-corrected chi connectivity index (χ1v) is 6.66. The van der Waals surface area contributed by atoms with Crippen molar-refractivity contribution in [3.05, 3.63) is 16.4 Å². The highest BCUT2D eigenvalue weighted by atomic mass is 79.9. The van der Waals surface area contributed by atoms with Gasteiger partial charge in [-0.15, -0.1) is 0 Å². The minimum absolute atomic E-state index is 0.271. The molecule has 1 aromatic heterocycles. The van der Waals surface area contributed by atoms with E-state index < -0.39 is 5.60 Å². The second-order valence-corrected chi connectivity index (χ2v) is 5.90. The molecule has 1 aliphatic carbocycles. The minimum Gasteiger partial charge on any atom is -0.383 e. The summed E-state index contributed by atoms with van der Waals surface area (Å²) in [5, 5.41) is 15.1. The first kappa shape index (κ1) is 12.1. The smallest absolute Gasteiger partial charge is 0.110 e. The molecular weight excluding hydrogens is 268 g/mol. The van der Waals surface area contributed by atoms with Gasteiger partial charge in [0.2, 0.25) is 0 Å². The second-order valence-electron chi connectivity index (χ2n) is 5.05. The normalized spacial score (nSPS) is 35.3. The molecule has 1 fully saturated rings. The molecule has 0 saturated heterocycles. The Labute approximate surface area is 105 Å². The first-order chi connectivity index (χ1) is 7.47. The van der Waals surface area contributed by atoms with Crippen molar-refractivity contribution in [2.45, 2.75) is 38.7 Å². The number of aliphatic hydroxyl groups is 1. The van der Waals surface area contributed by atoms with Crippen LogP contribution in [0.4, 0.5) is 0 Å². The van der Waals surface area contributed by atoms with Gasteiger partial charge in [0.05, 0.1) is 16.4 Å². The molecule has 3 atom stereocenters. The predicted molar refractivity (Wildman–Crippen MR) is 67.0 cm³/mol. The number of rotatable bonds is 1. The second kappa shape index (κ2) is 4.15. The molecule has 90 valence electrons. The highest BCUT2D eigenvalue weighted by Crippen LogP contribution is 2.46. The summed E-state index contributed by atoms with van der Waals surface area (Å²) in [4.78, 5) is 0. The molecule has 1 aromatic rings. The van der Waals surface area contributed by atoms with Crippen molar-refractivity contribution in [1.29, 1.82) is 0 Å². The molecule has 0 aromatic carbocycles. The van der Waals surface area contributed by atoms with Gasteiger partial charge in [0.1, 0.15) is 5.60 Å². The molecule has 0 aliphatic heterocycles. The van der Waals surface area contributed by atoms with E-state index in [1.54, 1.807) is 10.9 Å². The van der Waals surface area contributed by atoms with Crippen molar-refractivity contribution in [1.82, 2.24) is 9.78 Å². The van der Waals surface area contributed by atoms with Crippen LogP contribution in [0.25, 0.3) is 0 Å². The van der Waals surface area contributed by atoms with Gasteiger partial charge >= 0.3 is 0 Å². The molecule has 0 amide bonds. The maximum absolute atomic E-state index is 10.9. The van der Waals surface area contributed by atoms with E-state index in [1.807, 2.05) is 7.05 Å². The van der Waals surface area contributed by atoms with Gasteiger partial charge in [0, 0.05) is 7.05 Å². The summed E-state index contributed by atoms with van der Waals surface area (Å²) in [5.41, 5.74) is 0.188. The van der Waals surface area contributed by atoms with E-state index in [4.69, 9.17) is 0 Å². The van der Waals surface area contributed by atoms with Crippen LogP contribution in [0.15, 0.2) is 10.7 Å². The molecule has 0 spiro atoms. The highest BCUT2D eigenvalue weighted by Gasteiger charge is 2.44. The average Bonchev–Trinajstić information content (AvgIpc) is 2.55. The van der Waals surface area contributed by atoms with Crippen molar-refractivity contribution >= 4 is 15.9 Å². The third kappa shape index (κ3) is 1.72. The summed E-state index contributed by atoms with van der Waals surface area (Å²) >= 11 is 3.49. The summed E-state index contributed by atoms with van der Waals surface area (Å²) < 4.78 is 2.71. The molecule has 1 heterocycles. The van der Waals surface area contributed by atoms with Crippen molar-refractivity contribution in [2.24, 2.45) is 18.9 Å². The van der Waals surface area contributed by atoms with Gasteiger partial charge < -0.3 is 5.11 Å². The van der Waals surface area contributed by atoms with Crippen LogP contribution >= 0.6 is 15.9 Å². The lowest BCUT2D eigenvalue weighted by Gasteiger charge is -2.42. The molecule has 3 unspecified atom stereocenters. The minimum atomic E-state index is -0.734. The highest BCUT2D eigenvalue weighted by molar-refractivity contribution is 9.10. The van der Waals surface area contributed by atoms with E-state index in [2.05, 4.69) is 34.9 Å². The van der Waals surface area contributed by atoms with E-state index in [9.17, 15) is 5.11 Å². The van der Waals surface area contributed by atoms with Crippen LogP contribution in [0.5, 0.6) is 0 Å². The molecular formula is C12H19BrN2O. The number of hydrogen-bond acceptors (Lipinski definition) is 2. The van der Waals surface area contributed by atoms with Crippen LogP contribution in [0.1, 0.15) is 38.8 Å². The Morgan fingerprint density at radius 3 is 2.81 bits per heavy atom. The van der Waals surface area contributed by atoms with Crippen molar-refractivity contribution in [3.63, 3.8) is 0 Å². The largest absolute Gasteiger partial charge is 0.383 e. The number of nitrogens with zero attached hydrogens (tertiary/aromatic N) is 2. The van der Waals surface area contributed by atoms with E-state index in [0.717, 1.165) is 23.0 Å². The lowest BCUT2D eigenvalue weighted by atomic mass is 9.69. The Kier molecular flexibility index (Phi) is 3.14. The summed E-state index contributed by atoms with van der Waals surface area (Å²) in [7, 11) is 1.89. The van der Waals surface area contributed by atoms with E-state index >= 15 is 0 Å². The molecule has 1 saturated carbocycles. The van der Waals surface area contributed by atoms with Crippen LogP contribution in [0, 0.1) is 11.8 Å². The maximum Gasteiger partial charge on any atom is 0.110 e. The lowest BCUT2D eigenvalue weighted by molar-refractivity contribution is -0.0752. The average molecular weight is 287 g/mol. The Bertz CT molecular complexity index is 371. The van der Waals surface area contributed by atoms with Gasteiger partial charge in [-0.05, 0) is 40.6 Å². The van der Waals surface area contributed by atoms with Crippen molar-refractivity contribution < 1.29 is 5.11 Å². The monoisotopic (exact) mass is 286 g/mol. The van der Waals surface area contributed by atoms with Gasteiger partial charge in [0.15, 0.2) is 0 Å². The zero-order valence-corrected chi connectivity index (χ0v) is 11.7. The zero-order valence-electron chi connectivity index (χ0n) is 10.1. The summed E-state index contributed by atoms with van der Waals surface area (Å²) in [6.07, 6.45) is 4.88. The number of aromatic nitrogens is 2. The number of hydrogen-bond donors (Lipinski definition) is 1. The fourth-order valence-electron chi connectivity index (χ4n) is 2.87. The van der Waals surface area contributed by atoms with E-state index in [0.29, 0.717) is 5.92 Å². The topological polar surface area (TPSA) is 38.1 Å². The van der Waals surface area contributed by atoms with Gasteiger partial charge in [-0.2, -0.15) is 5.10 Å². The molecule has 1 N–H and O–H groups in total. The van der Waals surface area contributed by atoms with Crippen molar-refractivity contribution in [3.8, 4) is 0 Å². The van der Waals surface area contributed by atoms with Gasteiger partial charge in [-0.3, -0.25) is 4.68 Å². The molecule has 0 radical (unpaired) electrons. The fourth-order valence-corrected chi connectivity index (χ4v) is 3.57. The van der Waals surface area contributed by atoms with Gasteiger partial charge in [-0.25, -0.2) is 0 Å². The molecule has 0 bridgehead atoms. The van der Waals surface area contributed by atoms with Crippen LogP contribution < -0.4 is 0 Å². The third-order valence-corrected chi connectivity index (χ3v) is 4.71. The fraction of sp³-hybridized carbons (Fsp3) is 0.750. The predicted octanol–water partition coefficient (Wildman–Crippen LogP) is 2.83. The summed E-state index contributed by atoms with van der Waals surface area (Å²) in [6.45, 7) is 4.36. The van der Waals surface area contributed by atoms with E-state index in [-0.39, 0.29) is 5.92 Å². The first-order valence-electron chi connectivity index (χ1n) is 5.87. The number of halogens is 1. The van der Waals surface area contributed by atoms with E-state index in [1.165, 1.54) is 6.42 Å². The Hall–Kier alpha value is -0.350. The standard InChI is InChI=1S/C12H19BrN2O/c1-8-5-4-6-12(16,9(8)2)11-10(13)7-14-15(11)3/h7-9,16H,4-6H2,1-3H3. The lowest BCUT2D eigenvalue weighted by Crippen LogP contribution is -2.42. The SMILES string of the molecule is CC1CCCC(O)(c2c(Br)cnn2C)C1C.